The minimum atomic E-state index is -1.81. The number of rotatable bonds is 8. The van der Waals surface area contributed by atoms with Crippen LogP contribution in [0.1, 0.15) is 26.5 Å². The number of hydrogen-bond donors (Lipinski definition) is 3. The van der Waals surface area contributed by atoms with E-state index in [-0.39, 0.29) is 11.1 Å². The van der Waals surface area contributed by atoms with E-state index in [1.165, 1.54) is 0 Å². The van der Waals surface area contributed by atoms with E-state index >= 15 is 0 Å². The maximum absolute atomic E-state index is 12.2. The van der Waals surface area contributed by atoms with Gasteiger partial charge in [0.15, 0.2) is 8.32 Å². The zero-order valence-corrected chi connectivity index (χ0v) is 21.8. The van der Waals surface area contributed by atoms with Crippen molar-refractivity contribution < 1.29 is 14.0 Å². The maximum atomic E-state index is 12.2. The summed E-state index contributed by atoms with van der Waals surface area (Å²) >= 11 is 6.48. The highest BCUT2D eigenvalue weighted by Crippen LogP contribution is 2.36. The summed E-state index contributed by atoms with van der Waals surface area (Å²) in [7, 11) is -0.266. The largest absolute Gasteiger partial charge is 0.480 e. The smallest absolute Gasteiger partial charge is 0.315 e. The fourth-order valence-electron chi connectivity index (χ4n) is 2.99. The van der Waals surface area contributed by atoms with Crippen molar-refractivity contribution in [3.63, 3.8) is 0 Å². The van der Waals surface area contributed by atoms with Crippen LogP contribution >= 0.6 is 11.6 Å². The summed E-state index contributed by atoms with van der Waals surface area (Å²) in [6.07, 6.45) is 3.17. The molecule has 3 N–H and O–H groups in total. The molecule has 2 aromatic heterocycles. The van der Waals surface area contributed by atoms with E-state index in [0.717, 1.165) is 22.2 Å². The molecule has 8 nitrogen and oxygen atoms in total. The quantitative estimate of drug-likeness (QED) is 0.301. The molecular weight excluding hydrogens is 458 g/mol. The van der Waals surface area contributed by atoms with E-state index in [0.29, 0.717) is 36.3 Å². The molecule has 0 saturated carbocycles. The number of aromatic nitrogens is 3. The number of nitrogens with zero attached hydrogens (tertiary/aromatic N) is 2. The minimum absolute atomic E-state index is 0.146. The molecule has 0 saturated heterocycles. The topological polar surface area (TPSA) is 101 Å². The molecule has 33 heavy (non-hydrogen) atoms. The van der Waals surface area contributed by atoms with Gasteiger partial charge in [-0.2, -0.15) is 0 Å². The standard InChI is InChI=1S/C23H32ClN5O3Si/c1-23(2,3)33(5,6)32-8-7-25-22(30)28-12-16-9-15-10-18(24)17(11-19(15)29-16)20-13-27-21(31-4)14-26-20/h9-11,13-14,29H,7-8,12H2,1-6H3,(H2,25,28,30). The number of hydrogen-bond acceptors (Lipinski definition) is 5. The molecule has 0 bridgehead atoms. The molecule has 2 heterocycles. The molecule has 10 heteroatoms. The lowest BCUT2D eigenvalue weighted by molar-refractivity contribution is 0.234. The molecule has 3 aromatic rings. The van der Waals surface area contributed by atoms with Crippen LogP contribution in [0.2, 0.25) is 23.2 Å². The lowest BCUT2D eigenvalue weighted by Crippen LogP contribution is -2.43. The van der Waals surface area contributed by atoms with Crippen molar-refractivity contribution in [1.82, 2.24) is 25.6 Å². The third-order valence-electron chi connectivity index (χ3n) is 5.97. The SMILES string of the molecule is COc1cnc(-c2cc3[nH]c(CNC(=O)NCCO[Si](C)(C)C(C)(C)C)cc3cc2Cl)cn1. The fourth-order valence-corrected chi connectivity index (χ4v) is 4.30. The monoisotopic (exact) mass is 489 g/mol. The number of halogens is 1. The van der Waals surface area contributed by atoms with Gasteiger partial charge in [-0.1, -0.05) is 32.4 Å². The van der Waals surface area contributed by atoms with Crippen LogP contribution in [0.4, 0.5) is 4.79 Å². The number of urea groups is 1. The van der Waals surface area contributed by atoms with Gasteiger partial charge in [0.05, 0.1) is 43.4 Å². The predicted octanol–water partition coefficient (Wildman–Crippen LogP) is 5.11. The third kappa shape index (κ3) is 6.25. The molecule has 0 atom stereocenters. The second-order valence-corrected chi connectivity index (χ2v) is 14.6. The van der Waals surface area contributed by atoms with Gasteiger partial charge in [0.25, 0.3) is 0 Å². The minimum Gasteiger partial charge on any atom is -0.480 e. The summed E-state index contributed by atoms with van der Waals surface area (Å²) in [5.41, 5.74) is 3.18. The Morgan fingerprint density at radius 3 is 2.55 bits per heavy atom. The summed E-state index contributed by atoms with van der Waals surface area (Å²) in [6.45, 7) is 12.3. The fraction of sp³-hybridized carbons (Fsp3) is 0.435. The Labute approximate surface area is 200 Å². The van der Waals surface area contributed by atoms with E-state index in [9.17, 15) is 4.79 Å². The van der Waals surface area contributed by atoms with Crippen molar-refractivity contribution >= 4 is 36.9 Å². The average molecular weight is 490 g/mol. The lowest BCUT2D eigenvalue weighted by Gasteiger charge is -2.36. The van der Waals surface area contributed by atoms with Crippen molar-refractivity contribution in [3.05, 3.63) is 41.3 Å². The molecular formula is C23H32ClN5O3Si. The van der Waals surface area contributed by atoms with Crippen LogP contribution in [0.15, 0.2) is 30.6 Å². The number of nitrogens with one attached hydrogen (secondary N) is 3. The second kappa shape index (κ2) is 10.1. The first kappa shape index (κ1) is 25.0. The highest BCUT2D eigenvalue weighted by atomic mass is 35.5. The molecule has 3 rings (SSSR count). The zero-order chi connectivity index (χ0) is 24.2. The zero-order valence-electron chi connectivity index (χ0n) is 20.0. The van der Waals surface area contributed by atoms with Gasteiger partial charge < -0.3 is 24.8 Å². The summed E-state index contributed by atoms with van der Waals surface area (Å²) in [4.78, 5) is 24.0. The normalized spacial score (nSPS) is 12.1. The lowest BCUT2D eigenvalue weighted by atomic mass is 10.1. The number of methoxy groups -OCH3 is 1. The first-order valence-corrected chi connectivity index (χ1v) is 14.1. The number of ether oxygens (including phenoxy) is 1. The molecule has 2 amide bonds. The van der Waals surface area contributed by atoms with E-state index in [2.05, 4.69) is 59.5 Å². The third-order valence-corrected chi connectivity index (χ3v) is 10.8. The first-order valence-electron chi connectivity index (χ1n) is 10.8. The average Bonchev–Trinajstić information content (AvgIpc) is 3.15. The summed E-state index contributed by atoms with van der Waals surface area (Å²) < 4.78 is 11.1. The number of H-pyrrole nitrogens is 1. The van der Waals surface area contributed by atoms with Crippen molar-refractivity contribution in [3.8, 4) is 17.1 Å². The van der Waals surface area contributed by atoms with Gasteiger partial charge >= 0.3 is 6.03 Å². The van der Waals surface area contributed by atoms with Gasteiger partial charge in [0.1, 0.15) is 0 Å². The van der Waals surface area contributed by atoms with Crippen molar-refractivity contribution in [2.45, 2.75) is 45.4 Å². The molecule has 0 unspecified atom stereocenters. The number of benzene rings is 1. The molecule has 0 aliphatic heterocycles. The molecule has 1 aromatic carbocycles. The Morgan fingerprint density at radius 1 is 1.15 bits per heavy atom. The first-order chi connectivity index (χ1) is 15.5. The summed E-state index contributed by atoms with van der Waals surface area (Å²) in [6, 6.07) is 5.53. The predicted molar refractivity (Wildman–Crippen MR) is 134 cm³/mol. The molecule has 0 aliphatic carbocycles. The maximum Gasteiger partial charge on any atom is 0.315 e. The van der Waals surface area contributed by atoms with Crippen LogP contribution < -0.4 is 15.4 Å². The van der Waals surface area contributed by atoms with Gasteiger partial charge in [-0.25, -0.2) is 14.8 Å². The van der Waals surface area contributed by atoms with Crippen LogP contribution in [-0.4, -0.2) is 49.6 Å². The van der Waals surface area contributed by atoms with E-state index < -0.39 is 8.32 Å². The number of carbonyl (C=O) groups is 1. The number of fused-ring (bicyclic) bond motifs is 1. The Morgan fingerprint density at radius 2 is 1.91 bits per heavy atom. The Balaban J connectivity index is 1.56. The molecule has 0 spiro atoms. The van der Waals surface area contributed by atoms with Gasteiger partial charge in [0, 0.05) is 28.7 Å². The van der Waals surface area contributed by atoms with Gasteiger partial charge in [-0.15, -0.1) is 0 Å². The van der Waals surface area contributed by atoms with Gasteiger partial charge in [-0.05, 0) is 36.3 Å². The summed E-state index contributed by atoms with van der Waals surface area (Å²) in [5.74, 6) is 0.439. The molecule has 0 fully saturated rings. The van der Waals surface area contributed by atoms with E-state index in [1.807, 2.05) is 18.2 Å². The van der Waals surface area contributed by atoms with E-state index in [1.54, 1.807) is 19.5 Å². The second-order valence-electron chi connectivity index (χ2n) is 9.38. The van der Waals surface area contributed by atoms with Gasteiger partial charge in [-0.3, -0.25) is 0 Å². The number of aromatic amines is 1. The Bertz CT molecular complexity index is 1110. The van der Waals surface area contributed by atoms with Crippen LogP contribution in [-0.2, 0) is 11.0 Å². The van der Waals surface area contributed by atoms with Crippen LogP contribution in [0.3, 0.4) is 0 Å². The van der Waals surface area contributed by atoms with Crippen molar-refractivity contribution in [1.29, 1.82) is 0 Å². The Hall–Kier alpha value is -2.62. The van der Waals surface area contributed by atoms with E-state index in [4.69, 9.17) is 20.8 Å². The summed E-state index contributed by atoms with van der Waals surface area (Å²) in [5, 5.41) is 7.38. The van der Waals surface area contributed by atoms with Crippen molar-refractivity contribution in [2.75, 3.05) is 20.3 Å². The van der Waals surface area contributed by atoms with Crippen LogP contribution in [0.5, 0.6) is 5.88 Å². The van der Waals surface area contributed by atoms with Crippen molar-refractivity contribution in [2.24, 2.45) is 0 Å². The van der Waals surface area contributed by atoms with Gasteiger partial charge in [0.2, 0.25) is 5.88 Å². The molecule has 0 radical (unpaired) electrons. The van der Waals surface area contributed by atoms with Crippen LogP contribution in [0.25, 0.3) is 22.2 Å². The molecule has 178 valence electrons. The highest BCUT2D eigenvalue weighted by molar-refractivity contribution is 6.74. The Kier molecular flexibility index (Phi) is 7.66. The highest BCUT2D eigenvalue weighted by Gasteiger charge is 2.36. The van der Waals surface area contributed by atoms with Crippen LogP contribution in [0, 0.1) is 0 Å². The molecule has 0 aliphatic rings. The number of amides is 2. The number of carbonyl (C=O) groups excluding carboxylic acids is 1.